The van der Waals surface area contributed by atoms with E-state index < -0.39 is 59.7 Å². The summed E-state index contributed by atoms with van der Waals surface area (Å²) in [6.45, 7) is 1.50. The number of carbonyl (C=O) groups is 1. The molecule has 0 radical (unpaired) electrons. The van der Waals surface area contributed by atoms with Crippen molar-refractivity contribution in [3.05, 3.63) is 46.8 Å². The van der Waals surface area contributed by atoms with Crippen molar-refractivity contribution >= 4 is 11.6 Å². The predicted molar refractivity (Wildman–Crippen MR) is 98.5 cm³/mol. The first-order chi connectivity index (χ1) is 14.8. The van der Waals surface area contributed by atoms with Crippen molar-refractivity contribution in [1.82, 2.24) is 9.78 Å². The molecule has 12 heteroatoms. The molecule has 174 valence electrons. The minimum absolute atomic E-state index is 0.0302. The van der Waals surface area contributed by atoms with E-state index in [4.69, 9.17) is 4.74 Å². The number of amides is 1. The molecule has 2 bridgehead atoms. The third-order valence-electron chi connectivity index (χ3n) is 5.94. The molecule has 2 saturated heterocycles. The van der Waals surface area contributed by atoms with Gasteiger partial charge in [0.25, 0.3) is 0 Å². The Balaban J connectivity index is 1.70. The number of hydrogen-bond donors (Lipinski definition) is 2. The van der Waals surface area contributed by atoms with Gasteiger partial charge in [-0.3, -0.25) is 9.48 Å². The molecule has 0 spiro atoms. The lowest BCUT2D eigenvalue weighted by molar-refractivity contribution is -0.143. The molecule has 5 atom stereocenters. The number of hydrogen-bond acceptors (Lipinski definition) is 4. The lowest BCUT2D eigenvalue weighted by Crippen LogP contribution is -2.41. The Kier molecular flexibility index (Phi) is 5.28. The fraction of sp³-hybridized carbons (Fsp3) is 0.500. The van der Waals surface area contributed by atoms with E-state index in [1.165, 1.54) is 20.0 Å². The van der Waals surface area contributed by atoms with E-state index in [1.54, 1.807) is 0 Å². The largest absolute Gasteiger partial charge is 0.435 e. The molecule has 5 unspecified atom stereocenters. The van der Waals surface area contributed by atoms with Crippen LogP contribution in [0.25, 0.3) is 0 Å². The van der Waals surface area contributed by atoms with Gasteiger partial charge in [0.15, 0.2) is 5.69 Å². The molecule has 2 fully saturated rings. The SMILES string of the molecule is Cc1ccc(C(F)(F)F)cc1NC(=O)C1C2CC(O)C(O2)C1c1cn(C)nc1C(F)(F)F. The van der Waals surface area contributed by atoms with Gasteiger partial charge in [-0.1, -0.05) is 6.07 Å². The highest BCUT2D eigenvalue weighted by atomic mass is 19.4. The number of halogens is 6. The minimum atomic E-state index is -4.80. The summed E-state index contributed by atoms with van der Waals surface area (Å²) >= 11 is 0. The highest BCUT2D eigenvalue weighted by Gasteiger charge is 2.59. The van der Waals surface area contributed by atoms with Crippen molar-refractivity contribution in [3.63, 3.8) is 0 Å². The average molecular weight is 463 g/mol. The number of benzene rings is 1. The predicted octanol–water partition coefficient (Wildman–Crippen LogP) is 3.64. The summed E-state index contributed by atoms with van der Waals surface area (Å²) in [6, 6.07) is 2.84. The minimum Gasteiger partial charge on any atom is -0.390 e. The number of aryl methyl sites for hydroxylation is 2. The van der Waals surface area contributed by atoms with Gasteiger partial charge in [-0.25, -0.2) is 0 Å². The molecule has 0 saturated carbocycles. The van der Waals surface area contributed by atoms with Gasteiger partial charge in [0.1, 0.15) is 0 Å². The van der Waals surface area contributed by atoms with Gasteiger partial charge in [-0.2, -0.15) is 31.4 Å². The van der Waals surface area contributed by atoms with Crippen molar-refractivity contribution < 1.29 is 41.0 Å². The van der Waals surface area contributed by atoms with Gasteiger partial charge in [0.2, 0.25) is 5.91 Å². The van der Waals surface area contributed by atoms with Gasteiger partial charge in [0, 0.05) is 36.8 Å². The summed E-state index contributed by atoms with van der Waals surface area (Å²) in [4.78, 5) is 13.1. The number of fused-ring (bicyclic) bond motifs is 2. The summed E-state index contributed by atoms with van der Waals surface area (Å²) in [7, 11) is 1.30. The van der Waals surface area contributed by atoms with Crippen LogP contribution in [0, 0.1) is 12.8 Å². The number of aliphatic hydroxyl groups excluding tert-OH is 1. The fourth-order valence-electron chi connectivity index (χ4n) is 4.53. The Bertz CT molecular complexity index is 1050. The van der Waals surface area contributed by atoms with Crippen molar-refractivity contribution in [2.75, 3.05) is 5.32 Å². The van der Waals surface area contributed by atoms with Crippen LogP contribution in [0.3, 0.4) is 0 Å². The second-order valence-corrected chi connectivity index (χ2v) is 8.11. The smallest absolute Gasteiger partial charge is 0.390 e. The number of rotatable bonds is 3. The molecule has 1 amide bonds. The molecule has 6 nitrogen and oxygen atoms in total. The zero-order valence-electron chi connectivity index (χ0n) is 16.8. The van der Waals surface area contributed by atoms with Crippen molar-refractivity contribution in [1.29, 1.82) is 0 Å². The van der Waals surface area contributed by atoms with Crippen molar-refractivity contribution in [3.8, 4) is 0 Å². The summed E-state index contributed by atoms with van der Waals surface area (Å²) < 4.78 is 86.4. The Hall–Kier alpha value is -2.60. The molecule has 32 heavy (non-hydrogen) atoms. The average Bonchev–Trinajstić information content (AvgIpc) is 3.33. The molecular weight excluding hydrogens is 444 g/mol. The molecule has 2 aliphatic heterocycles. The quantitative estimate of drug-likeness (QED) is 0.682. The van der Waals surface area contributed by atoms with Crippen LogP contribution in [0.1, 0.15) is 34.7 Å². The molecule has 1 aromatic heterocycles. The fourth-order valence-corrected chi connectivity index (χ4v) is 4.53. The van der Waals surface area contributed by atoms with Gasteiger partial charge in [-0.15, -0.1) is 0 Å². The molecule has 1 aromatic carbocycles. The van der Waals surface area contributed by atoms with E-state index in [2.05, 4.69) is 10.4 Å². The molecular formula is C20H19F6N3O3. The highest BCUT2D eigenvalue weighted by molar-refractivity contribution is 5.95. The van der Waals surface area contributed by atoms with Crippen molar-refractivity contribution in [2.24, 2.45) is 13.0 Å². The van der Waals surface area contributed by atoms with Gasteiger partial charge >= 0.3 is 12.4 Å². The number of ether oxygens (including phenoxy) is 1. The molecule has 4 rings (SSSR count). The second kappa shape index (κ2) is 7.48. The van der Waals surface area contributed by atoms with Crippen molar-refractivity contribution in [2.45, 2.75) is 49.9 Å². The first kappa shape index (κ1) is 22.6. The maximum absolute atomic E-state index is 13.6. The Morgan fingerprint density at radius 3 is 2.53 bits per heavy atom. The lowest BCUT2D eigenvalue weighted by atomic mass is 9.73. The van der Waals surface area contributed by atoms with E-state index in [9.17, 15) is 36.2 Å². The van der Waals surface area contributed by atoms with Crippen LogP contribution in [0.5, 0.6) is 0 Å². The Labute approximate surface area is 178 Å². The molecule has 0 aliphatic carbocycles. The molecule has 2 aromatic rings. The maximum atomic E-state index is 13.6. The van der Waals surface area contributed by atoms with Gasteiger partial charge in [0.05, 0.1) is 29.8 Å². The van der Waals surface area contributed by atoms with Crippen LogP contribution in [-0.4, -0.2) is 39.1 Å². The number of nitrogens with one attached hydrogen (secondary N) is 1. The van der Waals surface area contributed by atoms with Crippen LogP contribution in [0.15, 0.2) is 24.4 Å². The normalized spacial score (nSPS) is 27.7. The number of carbonyl (C=O) groups excluding carboxylic acids is 1. The van der Waals surface area contributed by atoms with E-state index >= 15 is 0 Å². The number of nitrogens with zero attached hydrogens (tertiary/aromatic N) is 2. The molecule has 3 heterocycles. The number of alkyl halides is 6. The van der Waals surface area contributed by atoms with Crippen LogP contribution >= 0.6 is 0 Å². The van der Waals surface area contributed by atoms with E-state index in [0.29, 0.717) is 5.56 Å². The number of aliphatic hydroxyl groups is 1. The van der Waals surface area contributed by atoms with E-state index in [1.807, 2.05) is 0 Å². The summed E-state index contributed by atoms with van der Waals surface area (Å²) in [6.07, 6.45) is -11.3. The van der Waals surface area contributed by atoms with Crippen LogP contribution < -0.4 is 5.32 Å². The van der Waals surface area contributed by atoms with Crippen LogP contribution in [0.2, 0.25) is 0 Å². The third-order valence-corrected chi connectivity index (χ3v) is 5.94. The van der Waals surface area contributed by atoms with E-state index in [0.717, 1.165) is 23.0 Å². The van der Waals surface area contributed by atoms with Gasteiger partial charge < -0.3 is 15.2 Å². The summed E-state index contributed by atoms with van der Waals surface area (Å²) in [5.74, 6) is -3.10. The molecule has 2 N–H and O–H groups in total. The first-order valence-electron chi connectivity index (χ1n) is 9.70. The lowest BCUT2D eigenvalue weighted by Gasteiger charge is -2.30. The Morgan fingerprint density at radius 1 is 1.22 bits per heavy atom. The standard InChI is InChI=1S/C20H19F6N3O3/c1-8-3-4-9(19(21,22)23)5-11(8)27-18(31)15-13-6-12(30)16(32-13)14(15)10-7-29(2)28-17(10)20(24,25)26/h3-5,7,12-16,30H,6H2,1-2H3,(H,27,31). The number of anilines is 1. The Morgan fingerprint density at radius 2 is 1.91 bits per heavy atom. The summed E-state index contributed by atoms with van der Waals surface area (Å²) in [5, 5.41) is 16.1. The third kappa shape index (κ3) is 3.85. The zero-order valence-corrected chi connectivity index (χ0v) is 16.8. The first-order valence-corrected chi connectivity index (χ1v) is 9.70. The number of aromatic nitrogens is 2. The monoisotopic (exact) mass is 463 g/mol. The topological polar surface area (TPSA) is 76.4 Å². The molecule has 2 aliphatic rings. The van der Waals surface area contributed by atoms with Crippen LogP contribution in [0.4, 0.5) is 32.0 Å². The maximum Gasteiger partial charge on any atom is 0.435 e. The zero-order chi connectivity index (χ0) is 23.6. The summed E-state index contributed by atoms with van der Waals surface area (Å²) in [5.41, 5.74) is -2.21. The highest BCUT2D eigenvalue weighted by Crippen LogP contribution is 2.51. The van der Waals surface area contributed by atoms with Crippen LogP contribution in [-0.2, 0) is 28.9 Å². The van der Waals surface area contributed by atoms with Gasteiger partial charge in [-0.05, 0) is 24.6 Å². The second-order valence-electron chi connectivity index (χ2n) is 8.11. The van der Waals surface area contributed by atoms with E-state index in [-0.39, 0.29) is 17.7 Å².